The number of aromatic nitrogens is 2. The first-order valence-electron chi connectivity index (χ1n) is 9.44. The first-order valence-corrected chi connectivity index (χ1v) is 10.2. The summed E-state index contributed by atoms with van der Waals surface area (Å²) in [5, 5.41) is 6.96. The highest BCUT2D eigenvalue weighted by molar-refractivity contribution is 7.08. The van der Waals surface area contributed by atoms with Crippen LogP contribution >= 0.6 is 11.5 Å². The van der Waals surface area contributed by atoms with Gasteiger partial charge >= 0.3 is 0 Å². The molecule has 1 aliphatic rings. The van der Waals surface area contributed by atoms with Crippen molar-refractivity contribution in [3.05, 3.63) is 46.0 Å². The molecule has 2 heterocycles. The minimum atomic E-state index is -0.0859. The number of aryl methyl sites for hydroxylation is 1. The van der Waals surface area contributed by atoms with E-state index in [4.69, 9.17) is 0 Å². The maximum absolute atomic E-state index is 12.3. The Kier molecular flexibility index (Phi) is 6.38. The van der Waals surface area contributed by atoms with Gasteiger partial charge < -0.3 is 5.32 Å². The molecule has 0 radical (unpaired) electrons. The zero-order valence-corrected chi connectivity index (χ0v) is 16.7. The molecular weight excluding hydrogens is 344 g/mol. The summed E-state index contributed by atoms with van der Waals surface area (Å²) in [4.78, 5) is 15.4. The van der Waals surface area contributed by atoms with E-state index < -0.39 is 0 Å². The summed E-state index contributed by atoms with van der Waals surface area (Å²) in [5.41, 5.74) is 3.21. The molecule has 2 unspecified atom stereocenters. The molecule has 1 saturated heterocycles. The minimum Gasteiger partial charge on any atom is -0.347 e. The van der Waals surface area contributed by atoms with E-state index in [1.165, 1.54) is 25.1 Å². The van der Waals surface area contributed by atoms with Crippen LogP contribution < -0.4 is 5.32 Å². The number of likely N-dealkylation sites (tertiary alicyclic amines) is 1. The molecule has 3 rings (SSSR count). The second-order valence-electron chi connectivity index (χ2n) is 7.54. The maximum Gasteiger partial charge on any atom is 0.265 e. The lowest BCUT2D eigenvalue weighted by atomic mass is 9.91. The number of amides is 1. The van der Waals surface area contributed by atoms with Crippen LogP contribution in [0.4, 0.5) is 0 Å². The third kappa shape index (κ3) is 4.89. The summed E-state index contributed by atoms with van der Waals surface area (Å²) in [7, 11) is 0. The average molecular weight is 373 g/mol. The van der Waals surface area contributed by atoms with E-state index in [9.17, 15) is 4.79 Å². The molecule has 1 aromatic carbocycles. The average Bonchev–Trinajstić information content (AvgIpc) is 3.09. The predicted molar refractivity (Wildman–Crippen MR) is 105 cm³/mol. The SMILES string of the molecule is CCc1nnsc1C(=O)NCc1ccc(CN2CC(C)CC(C)C2)cc1. The van der Waals surface area contributed by atoms with Crippen LogP contribution in [0.1, 0.15) is 53.7 Å². The van der Waals surface area contributed by atoms with Gasteiger partial charge in [-0.15, -0.1) is 5.10 Å². The standard InChI is InChI=1S/C20H28N4OS/c1-4-18-19(26-23-22-18)20(25)21-10-16-5-7-17(8-6-16)13-24-11-14(2)9-15(3)12-24/h5-8,14-15H,4,9-13H2,1-3H3,(H,21,25). The number of carbonyl (C=O) groups is 1. The number of hydrogen-bond acceptors (Lipinski definition) is 5. The van der Waals surface area contributed by atoms with Crippen LogP contribution in [0.5, 0.6) is 0 Å². The Morgan fingerprint density at radius 2 is 1.85 bits per heavy atom. The van der Waals surface area contributed by atoms with E-state index >= 15 is 0 Å². The highest BCUT2D eigenvalue weighted by atomic mass is 32.1. The number of rotatable bonds is 6. The molecule has 6 heteroatoms. The highest BCUT2D eigenvalue weighted by Crippen LogP contribution is 2.22. The molecule has 0 spiro atoms. The van der Waals surface area contributed by atoms with Gasteiger partial charge in [-0.05, 0) is 47.3 Å². The van der Waals surface area contributed by atoms with Crippen molar-refractivity contribution in [2.24, 2.45) is 11.8 Å². The van der Waals surface area contributed by atoms with Crippen LogP contribution in [0.25, 0.3) is 0 Å². The van der Waals surface area contributed by atoms with Crippen LogP contribution in [0.3, 0.4) is 0 Å². The van der Waals surface area contributed by atoms with E-state index in [0.717, 1.165) is 47.6 Å². The molecule has 1 aromatic heterocycles. The van der Waals surface area contributed by atoms with Gasteiger partial charge in [-0.25, -0.2) is 0 Å². The third-order valence-electron chi connectivity index (χ3n) is 4.92. The van der Waals surface area contributed by atoms with E-state index in [1.807, 2.05) is 6.92 Å². The summed E-state index contributed by atoms with van der Waals surface area (Å²) >= 11 is 1.16. The summed E-state index contributed by atoms with van der Waals surface area (Å²) in [6, 6.07) is 8.57. The summed E-state index contributed by atoms with van der Waals surface area (Å²) in [6.45, 7) is 10.6. The van der Waals surface area contributed by atoms with Crippen LogP contribution in [0.2, 0.25) is 0 Å². The summed E-state index contributed by atoms with van der Waals surface area (Å²) in [5.74, 6) is 1.47. The Hall–Kier alpha value is -1.79. The van der Waals surface area contributed by atoms with Crippen molar-refractivity contribution >= 4 is 17.4 Å². The molecule has 2 atom stereocenters. The Labute approximate surface area is 160 Å². The van der Waals surface area contributed by atoms with Gasteiger partial charge in [0.25, 0.3) is 5.91 Å². The molecule has 26 heavy (non-hydrogen) atoms. The van der Waals surface area contributed by atoms with Gasteiger partial charge in [0.1, 0.15) is 4.88 Å². The number of carbonyl (C=O) groups excluding carboxylic acids is 1. The van der Waals surface area contributed by atoms with E-state index in [2.05, 4.69) is 57.9 Å². The van der Waals surface area contributed by atoms with Gasteiger partial charge in [0.05, 0.1) is 5.69 Å². The number of nitrogens with zero attached hydrogens (tertiary/aromatic N) is 3. The fraction of sp³-hybridized carbons (Fsp3) is 0.550. The second kappa shape index (κ2) is 8.73. The molecule has 1 amide bonds. The molecule has 1 fully saturated rings. The monoisotopic (exact) mass is 372 g/mol. The Morgan fingerprint density at radius 3 is 2.50 bits per heavy atom. The molecular formula is C20H28N4OS. The largest absolute Gasteiger partial charge is 0.347 e. The smallest absolute Gasteiger partial charge is 0.265 e. The summed E-state index contributed by atoms with van der Waals surface area (Å²) < 4.78 is 3.87. The van der Waals surface area contributed by atoms with Crippen molar-refractivity contribution in [2.45, 2.75) is 46.7 Å². The molecule has 140 valence electrons. The quantitative estimate of drug-likeness (QED) is 0.843. The normalized spacial score (nSPS) is 20.9. The Balaban J connectivity index is 1.52. The van der Waals surface area contributed by atoms with E-state index in [-0.39, 0.29) is 5.91 Å². The summed E-state index contributed by atoms with van der Waals surface area (Å²) in [6.07, 6.45) is 2.06. The lowest BCUT2D eigenvalue weighted by Crippen LogP contribution is -2.38. The molecule has 2 aromatic rings. The fourth-order valence-electron chi connectivity index (χ4n) is 3.82. The minimum absolute atomic E-state index is 0.0859. The van der Waals surface area contributed by atoms with Crippen molar-refractivity contribution in [2.75, 3.05) is 13.1 Å². The highest BCUT2D eigenvalue weighted by Gasteiger charge is 2.21. The van der Waals surface area contributed by atoms with Crippen LogP contribution in [-0.4, -0.2) is 33.5 Å². The van der Waals surface area contributed by atoms with Crippen molar-refractivity contribution in [1.82, 2.24) is 19.8 Å². The molecule has 5 nitrogen and oxygen atoms in total. The van der Waals surface area contributed by atoms with Crippen molar-refractivity contribution in [1.29, 1.82) is 0 Å². The van der Waals surface area contributed by atoms with Crippen molar-refractivity contribution in [3.63, 3.8) is 0 Å². The Bertz CT molecular complexity index is 718. The zero-order chi connectivity index (χ0) is 18.5. The maximum atomic E-state index is 12.3. The van der Waals surface area contributed by atoms with Gasteiger partial charge in [-0.2, -0.15) is 0 Å². The zero-order valence-electron chi connectivity index (χ0n) is 15.9. The van der Waals surface area contributed by atoms with Gasteiger partial charge in [0, 0.05) is 26.2 Å². The second-order valence-corrected chi connectivity index (χ2v) is 8.30. The number of benzene rings is 1. The van der Waals surface area contributed by atoms with Crippen molar-refractivity contribution < 1.29 is 4.79 Å². The first-order chi connectivity index (χ1) is 12.5. The molecule has 1 N–H and O–H groups in total. The van der Waals surface area contributed by atoms with Gasteiger partial charge in [0.2, 0.25) is 0 Å². The number of piperidine rings is 1. The Morgan fingerprint density at radius 1 is 1.19 bits per heavy atom. The van der Waals surface area contributed by atoms with Gasteiger partial charge in [-0.3, -0.25) is 9.69 Å². The third-order valence-corrected chi connectivity index (χ3v) is 5.69. The molecule has 0 saturated carbocycles. The lowest BCUT2D eigenvalue weighted by Gasteiger charge is -2.35. The van der Waals surface area contributed by atoms with Gasteiger partial charge in [-0.1, -0.05) is 49.5 Å². The molecule has 1 aliphatic heterocycles. The van der Waals surface area contributed by atoms with Crippen LogP contribution in [0, 0.1) is 11.8 Å². The lowest BCUT2D eigenvalue weighted by molar-refractivity contribution is 0.0954. The van der Waals surface area contributed by atoms with E-state index in [1.54, 1.807) is 0 Å². The van der Waals surface area contributed by atoms with Crippen LogP contribution in [0.15, 0.2) is 24.3 Å². The van der Waals surface area contributed by atoms with E-state index in [0.29, 0.717) is 11.4 Å². The van der Waals surface area contributed by atoms with Crippen molar-refractivity contribution in [3.8, 4) is 0 Å². The predicted octanol–water partition coefficient (Wildman–Crippen LogP) is 3.51. The molecule has 0 aliphatic carbocycles. The van der Waals surface area contributed by atoms with Gasteiger partial charge in [0.15, 0.2) is 0 Å². The topological polar surface area (TPSA) is 58.1 Å². The molecule has 0 bridgehead atoms. The van der Waals surface area contributed by atoms with Crippen LogP contribution in [-0.2, 0) is 19.5 Å². The first kappa shape index (κ1) is 19.0. The number of hydrogen-bond donors (Lipinski definition) is 1. The fourth-order valence-corrected chi connectivity index (χ4v) is 4.48. The number of nitrogens with one attached hydrogen (secondary N) is 1.